The molecule has 6 nitrogen and oxygen atoms in total. The van der Waals surface area contributed by atoms with Gasteiger partial charge in [-0.15, -0.1) is 0 Å². The third-order valence-corrected chi connectivity index (χ3v) is 3.43. The summed E-state index contributed by atoms with van der Waals surface area (Å²) in [6.45, 7) is 0.766. The molecule has 0 saturated heterocycles. The molecule has 0 saturated carbocycles. The zero-order valence-corrected chi connectivity index (χ0v) is 11.1. The average molecular weight is 278 g/mol. The minimum atomic E-state index is -1.13. The van der Waals surface area contributed by atoms with E-state index in [0.29, 0.717) is 13.1 Å². The van der Waals surface area contributed by atoms with Gasteiger partial charge in [0, 0.05) is 26.1 Å². The Morgan fingerprint density at radius 2 is 2.00 bits per heavy atom. The zero-order valence-electron chi connectivity index (χ0n) is 11.1. The van der Waals surface area contributed by atoms with Gasteiger partial charge in [0.05, 0.1) is 0 Å². The number of rotatable bonds is 4. The Kier molecular flexibility index (Phi) is 4.57. The van der Waals surface area contributed by atoms with Crippen LogP contribution >= 0.6 is 0 Å². The van der Waals surface area contributed by atoms with Crippen LogP contribution in [0.15, 0.2) is 24.3 Å². The van der Waals surface area contributed by atoms with Crippen LogP contribution in [-0.2, 0) is 17.8 Å². The van der Waals surface area contributed by atoms with E-state index in [4.69, 9.17) is 10.2 Å². The second-order valence-electron chi connectivity index (χ2n) is 4.79. The summed E-state index contributed by atoms with van der Waals surface area (Å²) < 4.78 is 0. The largest absolute Gasteiger partial charge is 0.480 e. The van der Waals surface area contributed by atoms with Crippen LogP contribution in [0.25, 0.3) is 0 Å². The molecule has 0 fully saturated rings. The van der Waals surface area contributed by atoms with Gasteiger partial charge in [-0.05, 0) is 17.5 Å². The van der Waals surface area contributed by atoms with Crippen molar-refractivity contribution >= 4 is 12.0 Å². The highest BCUT2D eigenvalue weighted by molar-refractivity contribution is 5.82. The molecule has 1 aliphatic rings. The zero-order chi connectivity index (χ0) is 14.5. The minimum Gasteiger partial charge on any atom is -0.480 e. The van der Waals surface area contributed by atoms with E-state index in [9.17, 15) is 9.59 Å². The van der Waals surface area contributed by atoms with Gasteiger partial charge in [0.1, 0.15) is 6.04 Å². The lowest BCUT2D eigenvalue weighted by molar-refractivity contribution is -0.139. The summed E-state index contributed by atoms with van der Waals surface area (Å²) >= 11 is 0. The van der Waals surface area contributed by atoms with E-state index in [1.807, 2.05) is 24.3 Å². The molecule has 0 bridgehead atoms. The standard InChI is InChI=1S/C14H18N2O4/c17-8-6-12(13(18)19)15-14(20)16-7-5-10-3-1-2-4-11(10)9-16/h1-4,12,17H,5-9H2,(H,15,20)(H,18,19). The minimum absolute atomic E-state index is 0.00546. The molecule has 0 radical (unpaired) electrons. The second kappa shape index (κ2) is 6.38. The highest BCUT2D eigenvalue weighted by Crippen LogP contribution is 2.18. The molecule has 108 valence electrons. The molecular weight excluding hydrogens is 260 g/mol. The summed E-state index contributed by atoms with van der Waals surface area (Å²) in [6.07, 6.45) is 0.771. The summed E-state index contributed by atoms with van der Waals surface area (Å²) in [4.78, 5) is 24.6. The molecule has 2 amide bonds. The van der Waals surface area contributed by atoms with Crippen molar-refractivity contribution in [2.24, 2.45) is 0 Å². The van der Waals surface area contributed by atoms with Crippen molar-refractivity contribution < 1.29 is 19.8 Å². The number of urea groups is 1. The summed E-state index contributed by atoms with van der Waals surface area (Å²) in [6, 6.07) is 6.45. The Morgan fingerprint density at radius 3 is 2.65 bits per heavy atom. The molecule has 1 aromatic carbocycles. The molecule has 2 rings (SSSR count). The Labute approximate surface area is 117 Å². The molecular formula is C14H18N2O4. The number of hydrogen-bond donors (Lipinski definition) is 3. The van der Waals surface area contributed by atoms with Crippen molar-refractivity contribution in [1.82, 2.24) is 10.2 Å². The van der Waals surface area contributed by atoms with E-state index in [1.165, 1.54) is 5.56 Å². The Hall–Kier alpha value is -2.08. The summed E-state index contributed by atoms with van der Waals surface area (Å²) in [5.41, 5.74) is 2.31. The van der Waals surface area contributed by atoms with Crippen LogP contribution in [0.4, 0.5) is 4.79 Å². The van der Waals surface area contributed by atoms with Crippen LogP contribution in [0.3, 0.4) is 0 Å². The smallest absolute Gasteiger partial charge is 0.326 e. The third-order valence-electron chi connectivity index (χ3n) is 3.43. The number of nitrogens with zero attached hydrogens (tertiary/aromatic N) is 1. The number of aliphatic hydroxyl groups excluding tert-OH is 1. The van der Waals surface area contributed by atoms with E-state index in [0.717, 1.165) is 12.0 Å². The van der Waals surface area contributed by atoms with Gasteiger partial charge >= 0.3 is 12.0 Å². The lowest BCUT2D eigenvalue weighted by Gasteiger charge is -2.30. The van der Waals surface area contributed by atoms with E-state index in [1.54, 1.807) is 4.90 Å². The van der Waals surface area contributed by atoms with Gasteiger partial charge in [-0.3, -0.25) is 0 Å². The monoisotopic (exact) mass is 278 g/mol. The van der Waals surface area contributed by atoms with Crippen LogP contribution in [0.5, 0.6) is 0 Å². The Morgan fingerprint density at radius 1 is 1.30 bits per heavy atom. The Bertz CT molecular complexity index is 504. The number of nitrogens with one attached hydrogen (secondary N) is 1. The maximum atomic E-state index is 12.1. The summed E-state index contributed by atoms with van der Waals surface area (Å²) in [7, 11) is 0. The quantitative estimate of drug-likeness (QED) is 0.752. The number of benzene rings is 1. The summed E-state index contributed by atoms with van der Waals surface area (Å²) in [5.74, 6) is -1.13. The van der Waals surface area contributed by atoms with Gasteiger partial charge < -0.3 is 20.4 Å². The number of carbonyl (C=O) groups is 2. The number of fused-ring (bicyclic) bond motifs is 1. The van der Waals surface area contributed by atoms with Gasteiger partial charge in [0.25, 0.3) is 0 Å². The van der Waals surface area contributed by atoms with Crippen LogP contribution in [0.1, 0.15) is 17.5 Å². The number of amides is 2. The fourth-order valence-electron chi connectivity index (χ4n) is 2.30. The average Bonchev–Trinajstić information content (AvgIpc) is 2.46. The van der Waals surface area contributed by atoms with Crippen LogP contribution < -0.4 is 5.32 Å². The molecule has 3 N–H and O–H groups in total. The van der Waals surface area contributed by atoms with Gasteiger partial charge in [-0.2, -0.15) is 0 Å². The van der Waals surface area contributed by atoms with Crippen LogP contribution in [-0.4, -0.2) is 46.3 Å². The van der Waals surface area contributed by atoms with E-state index in [-0.39, 0.29) is 13.0 Å². The highest BCUT2D eigenvalue weighted by atomic mass is 16.4. The topological polar surface area (TPSA) is 89.9 Å². The third kappa shape index (κ3) is 3.27. The summed E-state index contributed by atoms with van der Waals surface area (Å²) in [5, 5.41) is 20.2. The molecule has 0 spiro atoms. The lowest BCUT2D eigenvalue weighted by atomic mass is 10.0. The number of hydrogen-bond acceptors (Lipinski definition) is 3. The first kappa shape index (κ1) is 14.3. The van der Waals surface area contributed by atoms with Crippen molar-refractivity contribution in [3.63, 3.8) is 0 Å². The predicted octanol–water partition coefficient (Wildman–Crippen LogP) is 0.590. The van der Waals surface area contributed by atoms with Crippen LogP contribution in [0.2, 0.25) is 0 Å². The van der Waals surface area contributed by atoms with Crippen molar-refractivity contribution in [2.45, 2.75) is 25.4 Å². The van der Waals surface area contributed by atoms with Crippen LogP contribution in [0, 0.1) is 0 Å². The number of aliphatic hydroxyl groups is 1. The van der Waals surface area contributed by atoms with Crippen molar-refractivity contribution in [2.75, 3.05) is 13.2 Å². The highest BCUT2D eigenvalue weighted by Gasteiger charge is 2.25. The SMILES string of the molecule is O=C(O)C(CCO)NC(=O)N1CCc2ccccc2C1. The van der Waals surface area contributed by atoms with Gasteiger partial charge in [-0.1, -0.05) is 24.3 Å². The normalized spacial score (nSPS) is 15.3. The molecule has 1 unspecified atom stereocenters. The van der Waals surface area contributed by atoms with E-state index >= 15 is 0 Å². The van der Waals surface area contributed by atoms with E-state index < -0.39 is 18.0 Å². The molecule has 1 heterocycles. The van der Waals surface area contributed by atoms with Crippen molar-refractivity contribution in [1.29, 1.82) is 0 Å². The first-order chi connectivity index (χ1) is 9.61. The lowest BCUT2D eigenvalue weighted by Crippen LogP contribution is -2.49. The molecule has 0 aromatic heterocycles. The van der Waals surface area contributed by atoms with E-state index in [2.05, 4.69) is 5.32 Å². The molecule has 1 atom stereocenters. The maximum absolute atomic E-state index is 12.1. The fourth-order valence-corrected chi connectivity index (χ4v) is 2.30. The first-order valence-electron chi connectivity index (χ1n) is 6.57. The maximum Gasteiger partial charge on any atom is 0.326 e. The van der Waals surface area contributed by atoms with Crippen molar-refractivity contribution in [3.05, 3.63) is 35.4 Å². The number of carboxylic acids is 1. The second-order valence-corrected chi connectivity index (χ2v) is 4.79. The molecule has 6 heteroatoms. The predicted molar refractivity (Wildman–Crippen MR) is 72.2 cm³/mol. The first-order valence-corrected chi connectivity index (χ1v) is 6.57. The number of aliphatic carboxylic acids is 1. The molecule has 1 aliphatic heterocycles. The molecule has 20 heavy (non-hydrogen) atoms. The van der Waals surface area contributed by atoms with Gasteiger partial charge in [0.2, 0.25) is 0 Å². The van der Waals surface area contributed by atoms with Gasteiger partial charge in [-0.25, -0.2) is 9.59 Å². The number of carboxylic acid groups (broad SMARTS) is 1. The van der Waals surface area contributed by atoms with Crippen molar-refractivity contribution in [3.8, 4) is 0 Å². The molecule has 0 aliphatic carbocycles. The molecule has 1 aromatic rings. The van der Waals surface area contributed by atoms with Gasteiger partial charge in [0.15, 0.2) is 0 Å². The number of carbonyl (C=O) groups excluding carboxylic acids is 1. The fraction of sp³-hybridized carbons (Fsp3) is 0.429. The Balaban J connectivity index is 1.99.